The zero-order valence-electron chi connectivity index (χ0n) is 14.1. The zero-order chi connectivity index (χ0) is 16.7. The van der Waals surface area contributed by atoms with Crippen LogP contribution in [-0.4, -0.2) is 45.9 Å². The third kappa shape index (κ3) is 5.32. The Morgan fingerprint density at radius 2 is 1.87 bits per heavy atom. The monoisotopic (exact) mass is 322 g/mol. The number of amides is 1. The Hall–Kier alpha value is -1.95. The standard InChI is InChI=1S/C17H26N2O4/c1-12-8-13(4-5-18-12)17(20)19-6-7-23-16-10-14(21-2)9-15(11-16)22-3/h9-13,18H,4-8H2,1-3H3,(H,19,20)/t12-,13-/m0/s1. The van der Waals surface area contributed by atoms with E-state index in [2.05, 4.69) is 17.6 Å². The molecule has 1 aliphatic heterocycles. The highest BCUT2D eigenvalue weighted by Crippen LogP contribution is 2.27. The van der Waals surface area contributed by atoms with E-state index < -0.39 is 0 Å². The molecule has 6 heteroatoms. The molecule has 1 amide bonds. The first kappa shape index (κ1) is 17.4. The van der Waals surface area contributed by atoms with Crippen molar-refractivity contribution in [3.8, 4) is 17.2 Å². The number of benzene rings is 1. The second-order valence-electron chi connectivity index (χ2n) is 5.76. The van der Waals surface area contributed by atoms with Crippen LogP contribution in [0.25, 0.3) is 0 Å². The second kappa shape index (κ2) is 8.62. The fraction of sp³-hybridized carbons (Fsp3) is 0.588. The molecule has 0 saturated carbocycles. The number of nitrogens with one attached hydrogen (secondary N) is 2. The number of methoxy groups -OCH3 is 2. The Morgan fingerprint density at radius 1 is 1.22 bits per heavy atom. The topological polar surface area (TPSA) is 68.8 Å². The lowest BCUT2D eigenvalue weighted by Crippen LogP contribution is -2.43. The van der Waals surface area contributed by atoms with Crippen molar-refractivity contribution in [2.24, 2.45) is 5.92 Å². The third-order valence-electron chi connectivity index (χ3n) is 3.99. The number of carbonyl (C=O) groups excluding carboxylic acids is 1. The Morgan fingerprint density at radius 3 is 2.48 bits per heavy atom. The van der Waals surface area contributed by atoms with E-state index in [0.717, 1.165) is 19.4 Å². The summed E-state index contributed by atoms with van der Waals surface area (Å²) in [5, 5.41) is 6.29. The van der Waals surface area contributed by atoms with Crippen LogP contribution in [0.1, 0.15) is 19.8 Å². The Balaban J connectivity index is 1.75. The molecular formula is C17H26N2O4. The molecule has 1 saturated heterocycles. The average Bonchev–Trinajstić information content (AvgIpc) is 2.58. The maximum Gasteiger partial charge on any atom is 0.223 e. The van der Waals surface area contributed by atoms with Crippen LogP contribution in [0.2, 0.25) is 0 Å². The van der Waals surface area contributed by atoms with Gasteiger partial charge in [0.25, 0.3) is 0 Å². The van der Waals surface area contributed by atoms with Crippen molar-refractivity contribution in [2.75, 3.05) is 33.9 Å². The van der Waals surface area contributed by atoms with Gasteiger partial charge in [-0.05, 0) is 26.3 Å². The van der Waals surface area contributed by atoms with Crippen molar-refractivity contribution in [2.45, 2.75) is 25.8 Å². The Kier molecular flexibility index (Phi) is 6.52. The van der Waals surface area contributed by atoms with Gasteiger partial charge in [-0.3, -0.25) is 4.79 Å². The molecule has 0 bridgehead atoms. The number of carbonyl (C=O) groups is 1. The maximum atomic E-state index is 12.1. The van der Waals surface area contributed by atoms with E-state index in [1.54, 1.807) is 32.4 Å². The summed E-state index contributed by atoms with van der Waals surface area (Å²) in [6.45, 7) is 3.90. The van der Waals surface area contributed by atoms with Gasteiger partial charge in [-0.15, -0.1) is 0 Å². The summed E-state index contributed by atoms with van der Waals surface area (Å²) in [4.78, 5) is 12.1. The molecule has 0 unspecified atom stereocenters. The zero-order valence-corrected chi connectivity index (χ0v) is 14.1. The van der Waals surface area contributed by atoms with Crippen molar-refractivity contribution in [1.82, 2.24) is 10.6 Å². The number of rotatable bonds is 7. The Labute approximate surface area is 137 Å². The van der Waals surface area contributed by atoms with Crippen LogP contribution in [0.4, 0.5) is 0 Å². The predicted octanol–water partition coefficient (Wildman–Crippen LogP) is 1.59. The molecule has 2 atom stereocenters. The minimum Gasteiger partial charge on any atom is -0.496 e. The molecule has 1 heterocycles. The largest absolute Gasteiger partial charge is 0.496 e. The molecule has 23 heavy (non-hydrogen) atoms. The quantitative estimate of drug-likeness (QED) is 0.746. The molecule has 128 valence electrons. The van der Waals surface area contributed by atoms with Crippen LogP contribution in [0.15, 0.2) is 18.2 Å². The maximum absolute atomic E-state index is 12.1. The third-order valence-corrected chi connectivity index (χ3v) is 3.99. The van der Waals surface area contributed by atoms with E-state index in [0.29, 0.717) is 36.4 Å². The first-order chi connectivity index (χ1) is 11.1. The first-order valence-corrected chi connectivity index (χ1v) is 7.99. The fourth-order valence-electron chi connectivity index (χ4n) is 2.72. The summed E-state index contributed by atoms with van der Waals surface area (Å²) < 4.78 is 16.1. The highest BCUT2D eigenvalue weighted by Gasteiger charge is 2.24. The minimum atomic E-state index is 0.100. The fourth-order valence-corrected chi connectivity index (χ4v) is 2.72. The molecule has 1 aliphatic rings. The highest BCUT2D eigenvalue weighted by molar-refractivity contribution is 5.78. The SMILES string of the molecule is COc1cc(OC)cc(OCCNC(=O)[C@H]2CCN[C@@H](C)C2)c1. The molecule has 0 aliphatic carbocycles. The number of ether oxygens (including phenoxy) is 3. The van der Waals surface area contributed by atoms with Gasteiger partial charge in [-0.1, -0.05) is 0 Å². The van der Waals surface area contributed by atoms with E-state index in [1.165, 1.54) is 0 Å². The van der Waals surface area contributed by atoms with E-state index in [1.807, 2.05) is 0 Å². The molecule has 1 aromatic carbocycles. The van der Waals surface area contributed by atoms with E-state index in [-0.39, 0.29) is 11.8 Å². The van der Waals surface area contributed by atoms with Crippen molar-refractivity contribution in [3.05, 3.63) is 18.2 Å². The smallest absolute Gasteiger partial charge is 0.223 e. The lowest BCUT2D eigenvalue weighted by atomic mass is 9.92. The second-order valence-corrected chi connectivity index (χ2v) is 5.76. The van der Waals surface area contributed by atoms with Crippen LogP contribution in [0.5, 0.6) is 17.2 Å². The van der Waals surface area contributed by atoms with Gasteiger partial charge in [0.2, 0.25) is 5.91 Å². The van der Waals surface area contributed by atoms with Crippen molar-refractivity contribution in [1.29, 1.82) is 0 Å². The molecule has 0 aromatic heterocycles. The molecule has 2 rings (SSSR count). The molecule has 2 N–H and O–H groups in total. The lowest BCUT2D eigenvalue weighted by molar-refractivity contribution is -0.126. The van der Waals surface area contributed by atoms with Gasteiger partial charge in [0, 0.05) is 30.2 Å². The van der Waals surface area contributed by atoms with Gasteiger partial charge < -0.3 is 24.8 Å². The van der Waals surface area contributed by atoms with Crippen molar-refractivity contribution < 1.29 is 19.0 Å². The summed E-state index contributed by atoms with van der Waals surface area (Å²) in [7, 11) is 3.19. The Bertz CT molecular complexity index is 499. The summed E-state index contributed by atoms with van der Waals surface area (Å²) in [6.07, 6.45) is 1.78. The highest BCUT2D eigenvalue weighted by atomic mass is 16.5. The van der Waals surface area contributed by atoms with Gasteiger partial charge >= 0.3 is 0 Å². The van der Waals surface area contributed by atoms with Crippen LogP contribution < -0.4 is 24.8 Å². The number of piperidine rings is 1. The van der Waals surface area contributed by atoms with Gasteiger partial charge in [0.05, 0.1) is 20.8 Å². The average molecular weight is 322 g/mol. The molecule has 1 aromatic rings. The normalized spacial score (nSPS) is 20.7. The van der Waals surface area contributed by atoms with E-state index in [9.17, 15) is 4.79 Å². The number of hydrogen-bond donors (Lipinski definition) is 2. The molecule has 0 spiro atoms. The summed E-state index contributed by atoms with van der Waals surface area (Å²) in [5.41, 5.74) is 0. The minimum absolute atomic E-state index is 0.100. The van der Waals surface area contributed by atoms with Crippen LogP contribution in [-0.2, 0) is 4.79 Å². The van der Waals surface area contributed by atoms with Crippen molar-refractivity contribution in [3.63, 3.8) is 0 Å². The molecule has 0 radical (unpaired) electrons. The summed E-state index contributed by atoms with van der Waals surface area (Å²) in [5.74, 6) is 2.22. The molecule has 6 nitrogen and oxygen atoms in total. The van der Waals surface area contributed by atoms with E-state index in [4.69, 9.17) is 14.2 Å². The molecule has 1 fully saturated rings. The lowest BCUT2D eigenvalue weighted by Gasteiger charge is -2.27. The van der Waals surface area contributed by atoms with Gasteiger partial charge in [-0.25, -0.2) is 0 Å². The predicted molar refractivity (Wildman–Crippen MR) is 88.2 cm³/mol. The number of hydrogen-bond acceptors (Lipinski definition) is 5. The van der Waals surface area contributed by atoms with Crippen molar-refractivity contribution >= 4 is 5.91 Å². The summed E-state index contributed by atoms with van der Waals surface area (Å²) >= 11 is 0. The van der Waals surface area contributed by atoms with Gasteiger partial charge in [0.1, 0.15) is 23.9 Å². The first-order valence-electron chi connectivity index (χ1n) is 7.99. The van der Waals surface area contributed by atoms with E-state index >= 15 is 0 Å². The van der Waals surface area contributed by atoms with Crippen LogP contribution in [0.3, 0.4) is 0 Å². The summed E-state index contributed by atoms with van der Waals surface area (Å²) in [6, 6.07) is 5.77. The van der Waals surface area contributed by atoms with Crippen LogP contribution >= 0.6 is 0 Å². The van der Waals surface area contributed by atoms with Gasteiger partial charge in [0.15, 0.2) is 0 Å². The molecular weight excluding hydrogens is 296 g/mol. The van der Waals surface area contributed by atoms with Gasteiger partial charge in [-0.2, -0.15) is 0 Å². The van der Waals surface area contributed by atoms with Crippen LogP contribution in [0, 0.1) is 5.92 Å².